The van der Waals surface area contributed by atoms with Crippen LogP contribution in [0.5, 0.6) is 5.75 Å². The van der Waals surface area contributed by atoms with Crippen LogP contribution >= 0.6 is 0 Å². The maximum atomic E-state index is 12.1. The van der Waals surface area contributed by atoms with Gasteiger partial charge in [0.1, 0.15) is 5.75 Å². The number of fused-ring (bicyclic) bond motifs is 1. The molecule has 1 amide bonds. The molecule has 2 saturated heterocycles. The second-order valence-electron chi connectivity index (χ2n) is 6.72. The van der Waals surface area contributed by atoms with E-state index in [1.807, 2.05) is 12.1 Å². The molecule has 1 atom stereocenters. The summed E-state index contributed by atoms with van der Waals surface area (Å²) in [5.41, 5.74) is 1.17. The number of methoxy groups -OCH3 is 1. The molecule has 1 N–H and O–H groups in total. The fourth-order valence-electron chi connectivity index (χ4n) is 4.10. The number of amides is 1. The van der Waals surface area contributed by atoms with E-state index in [0.717, 1.165) is 50.2 Å². The quantitative estimate of drug-likeness (QED) is 0.947. The number of hydrogen-bond donors (Lipinski definition) is 1. The number of ether oxygens (including phenoxy) is 1. The van der Waals surface area contributed by atoms with Crippen molar-refractivity contribution in [3.8, 4) is 5.75 Å². The van der Waals surface area contributed by atoms with Crippen LogP contribution in [0.4, 0.5) is 0 Å². The number of carbonyl (C=O) groups excluding carboxylic acids is 1. The monoisotopic (exact) mass is 310 g/mol. The Kier molecular flexibility index (Phi) is 3.49. The second kappa shape index (κ2) is 5.53. The molecule has 2 heterocycles. The van der Waals surface area contributed by atoms with Gasteiger partial charge in [0.15, 0.2) is 0 Å². The van der Waals surface area contributed by atoms with E-state index in [1.165, 1.54) is 10.9 Å². The van der Waals surface area contributed by atoms with Crippen LogP contribution in [0.3, 0.4) is 0 Å². The molecular formula is C19H22N2O2. The number of nitrogens with one attached hydrogen (secondary N) is 1. The predicted molar refractivity (Wildman–Crippen MR) is 90.5 cm³/mol. The SMILES string of the molecule is COc1cccc2c(CN3CCC4(CCNC4=O)C3)cccc12. The van der Waals surface area contributed by atoms with Gasteiger partial charge in [-0.05, 0) is 36.4 Å². The first kappa shape index (κ1) is 14.5. The number of likely N-dealkylation sites (tertiary alicyclic amines) is 1. The molecule has 2 aromatic rings. The fraction of sp³-hybridized carbons (Fsp3) is 0.421. The summed E-state index contributed by atoms with van der Waals surface area (Å²) in [4.78, 5) is 14.6. The first-order chi connectivity index (χ1) is 11.2. The number of hydrogen-bond acceptors (Lipinski definition) is 3. The van der Waals surface area contributed by atoms with E-state index in [1.54, 1.807) is 7.11 Å². The number of benzene rings is 2. The third kappa shape index (κ3) is 2.38. The van der Waals surface area contributed by atoms with Crippen molar-refractivity contribution >= 4 is 16.7 Å². The molecule has 4 heteroatoms. The molecule has 2 aromatic carbocycles. The van der Waals surface area contributed by atoms with E-state index in [-0.39, 0.29) is 11.3 Å². The Labute approximate surface area is 136 Å². The molecule has 0 radical (unpaired) electrons. The fourth-order valence-corrected chi connectivity index (χ4v) is 4.10. The van der Waals surface area contributed by atoms with Crippen LogP contribution < -0.4 is 10.1 Å². The molecule has 2 fully saturated rings. The van der Waals surface area contributed by atoms with E-state index >= 15 is 0 Å². The summed E-state index contributed by atoms with van der Waals surface area (Å²) in [5, 5.41) is 5.39. The number of rotatable bonds is 3. The van der Waals surface area contributed by atoms with Gasteiger partial charge >= 0.3 is 0 Å². The van der Waals surface area contributed by atoms with Crippen molar-refractivity contribution in [2.75, 3.05) is 26.7 Å². The highest BCUT2D eigenvalue weighted by molar-refractivity contribution is 5.91. The summed E-state index contributed by atoms with van der Waals surface area (Å²) < 4.78 is 5.48. The van der Waals surface area contributed by atoms with Crippen molar-refractivity contribution in [1.29, 1.82) is 0 Å². The zero-order valence-electron chi connectivity index (χ0n) is 13.5. The van der Waals surface area contributed by atoms with Crippen LogP contribution in [0.15, 0.2) is 36.4 Å². The van der Waals surface area contributed by atoms with Gasteiger partial charge in [0.25, 0.3) is 0 Å². The normalized spacial score (nSPS) is 24.5. The van der Waals surface area contributed by atoms with E-state index in [0.29, 0.717) is 0 Å². The Bertz CT molecular complexity index is 758. The van der Waals surface area contributed by atoms with Gasteiger partial charge in [-0.25, -0.2) is 0 Å². The molecule has 120 valence electrons. The van der Waals surface area contributed by atoms with Crippen LogP contribution in [0, 0.1) is 5.41 Å². The van der Waals surface area contributed by atoms with Crippen LogP contribution in [-0.4, -0.2) is 37.6 Å². The zero-order chi connectivity index (χ0) is 15.9. The molecule has 0 aliphatic carbocycles. The largest absolute Gasteiger partial charge is 0.496 e. The Morgan fingerprint density at radius 2 is 2.00 bits per heavy atom. The van der Waals surface area contributed by atoms with Crippen molar-refractivity contribution in [1.82, 2.24) is 10.2 Å². The Hall–Kier alpha value is -2.07. The maximum absolute atomic E-state index is 12.1. The Morgan fingerprint density at radius 3 is 2.78 bits per heavy atom. The van der Waals surface area contributed by atoms with Gasteiger partial charge in [-0.15, -0.1) is 0 Å². The molecule has 2 aliphatic heterocycles. The molecule has 0 bridgehead atoms. The molecule has 4 rings (SSSR count). The lowest BCUT2D eigenvalue weighted by molar-refractivity contribution is -0.127. The van der Waals surface area contributed by atoms with Gasteiger partial charge < -0.3 is 10.1 Å². The lowest BCUT2D eigenvalue weighted by atomic mass is 9.86. The van der Waals surface area contributed by atoms with Gasteiger partial charge in [0.05, 0.1) is 12.5 Å². The third-order valence-corrected chi connectivity index (χ3v) is 5.39. The Morgan fingerprint density at radius 1 is 1.17 bits per heavy atom. The summed E-state index contributed by atoms with van der Waals surface area (Å²) in [7, 11) is 1.71. The smallest absolute Gasteiger partial charge is 0.227 e. The van der Waals surface area contributed by atoms with E-state index in [4.69, 9.17) is 4.74 Å². The molecule has 1 spiro atoms. The summed E-state index contributed by atoms with van der Waals surface area (Å²) in [5.74, 6) is 1.16. The number of carbonyl (C=O) groups is 1. The molecule has 1 unspecified atom stereocenters. The highest BCUT2D eigenvalue weighted by atomic mass is 16.5. The minimum Gasteiger partial charge on any atom is -0.496 e. The molecule has 23 heavy (non-hydrogen) atoms. The summed E-state index contributed by atoms with van der Waals surface area (Å²) in [6.07, 6.45) is 1.96. The molecular weight excluding hydrogens is 288 g/mol. The van der Waals surface area contributed by atoms with Crippen LogP contribution in [-0.2, 0) is 11.3 Å². The highest BCUT2D eigenvalue weighted by Gasteiger charge is 2.47. The topological polar surface area (TPSA) is 41.6 Å². The van der Waals surface area contributed by atoms with E-state index in [2.05, 4.69) is 34.5 Å². The second-order valence-corrected chi connectivity index (χ2v) is 6.72. The molecule has 0 aromatic heterocycles. The van der Waals surface area contributed by atoms with E-state index < -0.39 is 0 Å². The van der Waals surface area contributed by atoms with Gasteiger partial charge in [0, 0.05) is 25.0 Å². The van der Waals surface area contributed by atoms with E-state index in [9.17, 15) is 4.79 Å². The van der Waals surface area contributed by atoms with Crippen molar-refractivity contribution in [2.45, 2.75) is 19.4 Å². The summed E-state index contributed by atoms with van der Waals surface area (Å²) in [6, 6.07) is 12.6. The predicted octanol–water partition coefficient (Wildman–Crippen LogP) is 2.56. The van der Waals surface area contributed by atoms with Gasteiger partial charge in [0.2, 0.25) is 5.91 Å². The van der Waals surface area contributed by atoms with Crippen molar-refractivity contribution in [3.63, 3.8) is 0 Å². The summed E-state index contributed by atoms with van der Waals surface area (Å²) >= 11 is 0. The minimum atomic E-state index is -0.137. The van der Waals surface area contributed by atoms with Gasteiger partial charge in [-0.2, -0.15) is 0 Å². The van der Waals surface area contributed by atoms with Crippen LogP contribution in [0.1, 0.15) is 18.4 Å². The Balaban J connectivity index is 1.60. The third-order valence-electron chi connectivity index (χ3n) is 5.39. The molecule has 0 saturated carbocycles. The van der Waals surface area contributed by atoms with Gasteiger partial charge in [-0.1, -0.05) is 30.3 Å². The highest BCUT2D eigenvalue weighted by Crippen LogP contribution is 2.38. The van der Waals surface area contributed by atoms with Crippen LogP contribution in [0.25, 0.3) is 10.8 Å². The van der Waals surface area contributed by atoms with Crippen molar-refractivity contribution in [3.05, 3.63) is 42.0 Å². The molecule has 4 nitrogen and oxygen atoms in total. The first-order valence-corrected chi connectivity index (χ1v) is 8.27. The van der Waals surface area contributed by atoms with Crippen molar-refractivity contribution in [2.24, 2.45) is 5.41 Å². The average Bonchev–Trinajstić information content (AvgIpc) is 3.14. The maximum Gasteiger partial charge on any atom is 0.227 e. The first-order valence-electron chi connectivity index (χ1n) is 8.27. The standard InChI is InChI=1S/C19H22N2O2/c1-23-17-7-3-5-15-14(4-2-6-16(15)17)12-21-11-9-19(13-21)8-10-20-18(19)22/h2-7H,8-13H2,1H3,(H,20,22). The average molecular weight is 310 g/mol. The van der Waals surface area contributed by atoms with Gasteiger partial charge in [-0.3, -0.25) is 9.69 Å². The lowest BCUT2D eigenvalue weighted by Gasteiger charge is -2.21. The lowest BCUT2D eigenvalue weighted by Crippen LogP contribution is -2.34. The van der Waals surface area contributed by atoms with Crippen LogP contribution in [0.2, 0.25) is 0 Å². The summed E-state index contributed by atoms with van der Waals surface area (Å²) in [6.45, 7) is 3.59. The zero-order valence-corrected chi connectivity index (χ0v) is 13.5. The number of nitrogens with zero attached hydrogens (tertiary/aromatic N) is 1. The van der Waals surface area contributed by atoms with Crippen molar-refractivity contribution < 1.29 is 9.53 Å². The minimum absolute atomic E-state index is 0.137. The molecule has 2 aliphatic rings.